The van der Waals surface area contributed by atoms with Crippen molar-refractivity contribution in [1.29, 1.82) is 0 Å². The molecule has 0 aliphatic heterocycles. The summed E-state index contributed by atoms with van der Waals surface area (Å²) in [6, 6.07) is 22.4. The van der Waals surface area contributed by atoms with E-state index in [2.05, 4.69) is 58.8 Å². The van der Waals surface area contributed by atoms with Crippen LogP contribution in [0.25, 0.3) is 11.3 Å². The third kappa shape index (κ3) is 6.19. The number of nitrogens with zero attached hydrogens (tertiary/aromatic N) is 1. The van der Waals surface area contributed by atoms with Gasteiger partial charge in [0.25, 0.3) is 0 Å². The van der Waals surface area contributed by atoms with Crippen molar-refractivity contribution in [3.05, 3.63) is 89.6 Å². The highest BCUT2D eigenvalue weighted by molar-refractivity contribution is 5.89. The maximum Gasteiger partial charge on any atom is 0.339 e. The van der Waals surface area contributed by atoms with Crippen molar-refractivity contribution in [2.45, 2.75) is 19.9 Å². The lowest BCUT2D eigenvalue weighted by Gasteiger charge is -2.07. The molecule has 0 unspecified atom stereocenters. The first-order chi connectivity index (χ1) is 13.3. The van der Waals surface area contributed by atoms with Gasteiger partial charge in [-0.1, -0.05) is 54.6 Å². The Morgan fingerprint density at radius 2 is 1.71 bits per heavy atom. The van der Waals surface area contributed by atoms with Crippen LogP contribution in [-0.4, -0.2) is 24.1 Å². The van der Waals surface area contributed by atoms with E-state index in [1.165, 1.54) is 11.1 Å². The molecule has 0 amide bonds. The number of nitrogens with one attached hydrogen (secondary N) is 1. The number of rotatable bonds is 8. The summed E-state index contributed by atoms with van der Waals surface area (Å²) in [6.45, 7) is 3.97. The van der Waals surface area contributed by atoms with E-state index in [1.54, 1.807) is 19.2 Å². The predicted molar refractivity (Wildman–Crippen MR) is 115 cm³/mol. The lowest BCUT2D eigenvalue weighted by Crippen LogP contribution is -2.16. The number of ether oxygens (including phenoxy) is 1. The minimum Gasteiger partial charge on any atom is -0.462 e. The summed E-state index contributed by atoms with van der Waals surface area (Å²) in [5.74, 6) is -0.338. The number of pyridine rings is 1. The molecule has 0 atom stereocenters. The normalized spacial score (nSPS) is 10.2. The number of aromatic nitrogens is 1. The minimum atomic E-state index is -0.338. The highest BCUT2D eigenvalue weighted by atomic mass is 35.5. The van der Waals surface area contributed by atoms with Gasteiger partial charge in [-0.3, -0.25) is 4.98 Å². The quantitative estimate of drug-likeness (QED) is 0.443. The second-order valence-electron chi connectivity index (χ2n) is 6.26. The van der Waals surface area contributed by atoms with Gasteiger partial charge in [0.1, 0.15) is 0 Å². The van der Waals surface area contributed by atoms with Gasteiger partial charge in [0, 0.05) is 18.3 Å². The first-order valence-corrected chi connectivity index (χ1v) is 9.23. The van der Waals surface area contributed by atoms with E-state index in [0.29, 0.717) is 12.2 Å². The molecule has 2 aromatic carbocycles. The van der Waals surface area contributed by atoms with Crippen molar-refractivity contribution in [2.75, 3.05) is 13.2 Å². The predicted octanol–water partition coefficient (Wildman–Crippen LogP) is 4.68. The molecule has 1 aromatic heterocycles. The van der Waals surface area contributed by atoms with Crippen molar-refractivity contribution in [3.8, 4) is 11.3 Å². The van der Waals surface area contributed by atoms with Gasteiger partial charge in [0.2, 0.25) is 0 Å². The summed E-state index contributed by atoms with van der Waals surface area (Å²) in [6.07, 6.45) is 2.54. The second kappa shape index (κ2) is 11.2. The standard InChI is InChI=1S/C23H24N2O2.ClH/c1-2-27-23(26)21-12-13-22(25-17-21)20-10-8-18(9-11-20)14-15-24-16-19-6-4-3-5-7-19;/h3-13,17,24H,2,14-16H2,1H3;1H. The van der Waals surface area contributed by atoms with Gasteiger partial charge in [-0.2, -0.15) is 0 Å². The van der Waals surface area contributed by atoms with Gasteiger partial charge in [-0.25, -0.2) is 4.79 Å². The molecule has 0 spiro atoms. The molecular formula is C23H25ClN2O2. The van der Waals surface area contributed by atoms with E-state index in [9.17, 15) is 4.79 Å². The molecule has 0 aliphatic carbocycles. The molecule has 0 saturated heterocycles. The molecule has 3 aromatic rings. The maximum absolute atomic E-state index is 11.7. The fourth-order valence-corrected chi connectivity index (χ4v) is 2.80. The van der Waals surface area contributed by atoms with Crippen molar-refractivity contribution < 1.29 is 9.53 Å². The monoisotopic (exact) mass is 396 g/mol. The number of hydrogen-bond acceptors (Lipinski definition) is 4. The Labute approximate surface area is 172 Å². The first kappa shape index (κ1) is 21.6. The summed E-state index contributed by atoms with van der Waals surface area (Å²) in [5, 5.41) is 3.47. The van der Waals surface area contributed by atoms with E-state index in [1.807, 2.05) is 12.1 Å². The van der Waals surface area contributed by atoms with Gasteiger partial charge in [-0.05, 0) is 43.1 Å². The van der Waals surface area contributed by atoms with Crippen molar-refractivity contribution in [2.24, 2.45) is 0 Å². The number of halogens is 1. The minimum absolute atomic E-state index is 0. The Hall–Kier alpha value is -2.69. The van der Waals surface area contributed by atoms with Crippen molar-refractivity contribution in [3.63, 3.8) is 0 Å². The molecule has 0 radical (unpaired) electrons. The number of benzene rings is 2. The van der Waals surface area contributed by atoms with Gasteiger partial charge in [-0.15, -0.1) is 12.4 Å². The zero-order valence-electron chi connectivity index (χ0n) is 15.9. The summed E-state index contributed by atoms with van der Waals surface area (Å²) in [4.78, 5) is 16.1. The van der Waals surface area contributed by atoms with Crippen LogP contribution in [0.5, 0.6) is 0 Å². The SMILES string of the molecule is CCOC(=O)c1ccc(-c2ccc(CCNCc3ccccc3)cc2)nc1.Cl. The molecule has 1 heterocycles. The summed E-state index contributed by atoms with van der Waals surface area (Å²) < 4.78 is 4.98. The van der Waals surface area contributed by atoms with Crippen LogP contribution >= 0.6 is 12.4 Å². The Bertz CT molecular complexity index is 850. The van der Waals surface area contributed by atoms with Crippen LogP contribution < -0.4 is 5.32 Å². The van der Waals surface area contributed by atoms with E-state index >= 15 is 0 Å². The summed E-state index contributed by atoms with van der Waals surface area (Å²) in [7, 11) is 0. The molecule has 28 heavy (non-hydrogen) atoms. The van der Waals surface area contributed by atoms with Gasteiger partial charge >= 0.3 is 5.97 Å². The molecular weight excluding hydrogens is 372 g/mol. The highest BCUT2D eigenvalue weighted by Crippen LogP contribution is 2.18. The fourth-order valence-electron chi connectivity index (χ4n) is 2.80. The van der Waals surface area contributed by atoms with Gasteiger partial charge in [0.05, 0.1) is 17.9 Å². The largest absolute Gasteiger partial charge is 0.462 e. The fraction of sp³-hybridized carbons (Fsp3) is 0.217. The Kier molecular flexibility index (Phi) is 8.66. The smallest absolute Gasteiger partial charge is 0.339 e. The molecule has 0 saturated carbocycles. The zero-order chi connectivity index (χ0) is 18.9. The van der Waals surface area contributed by atoms with Crippen LogP contribution in [0.4, 0.5) is 0 Å². The van der Waals surface area contributed by atoms with Crippen LogP contribution in [0.1, 0.15) is 28.4 Å². The number of carbonyl (C=O) groups excluding carboxylic acids is 1. The van der Waals surface area contributed by atoms with Crippen LogP contribution in [-0.2, 0) is 17.7 Å². The zero-order valence-corrected chi connectivity index (χ0v) is 16.7. The Morgan fingerprint density at radius 3 is 2.36 bits per heavy atom. The van der Waals surface area contributed by atoms with Crippen LogP contribution in [0, 0.1) is 0 Å². The summed E-state index contributed by atoms with van der Waals surface area (Å²) >= 11 is 0. The average Bonchev–Trinajstić information content (AvgIpc) is 2.73. The molecule has 3 rings (SSSR count). The van der Waals surface area contributed by atoms with E-state index in [0.717, 1.165) is 30.8 Å². The molecule has 0 aliphatic rings. The van der Waals surface area contributed by atoms with Crippen LogP contribution in [0.3, 0.4) is 0 Å². The number of carbonyl (C=O) groups is 1. The molecule has 0 fully saturated rings. The van der Waals surface area contributed by atoms with E-state index < -0.39 is 0 Å². The van der Waals surface area contributed by atoms with Gasteiger partial charge < -0.3 is 10.1 Å². The molecule has 146 valence electrons. The Balaban J connectivity index is 0.00000280. The average molecular weight is 397 g/mol. The van der Waals surface area contributed by atoms with Gasteiger partial charge in [0.15, 0.2) is 0 Å². The van der Waals surface area contributed by atoms with Crippen molar-refractivity contribution in [1.82, 2.24) is 10.3 Å². The lowest BCUT2D eigenvalue weighted by molar-refractivity contribution is 0.0526. The highest BCUT2D eigenvalue weighted by Gasteiger charge is 2.07. The molecule has 0 bridgehead atoms. The maximum atomic E-state index is 11.7. The lowest BCUT2D eigenvalue weighted by atomic mass is 10.1. The first-order valence-electron chi connectivity index (χ1n) is 9.23. The van der Waals surface area contributed by atoms with E-state index in [-0.39, 0.29) is 18.4 Å². The van der Waals surface area contributed by atoms with Crippen LogP contribution in [0.2, 0.25) is 0 Å². The molecule has 5 heteroatoms. The number of hydrogen-bond donors (Lipinski definition) is 1. The van der Waals surface area contributed by atoms with Crippen molar-refractivity contribution >= 4 is 18.4 Å². The Morgan fingerprint density at radius 1 is 0.964 bits per heavy atom. The third-order valence-electron chi connectivity index (χ3n) is 4.29. The molecule has 1 N–H and O–H groups in total. The van der Waals surface area contributed by atoms with E-state index in [4.69, 9.17) is 4.74 Å². The molecule has 4 nitrogen and oxygen atoms in total. The third-order valence-corrected chi connectivity index (χ3v) is 4.29. The summed E-state index contributed by atoms with van der Waals surface area (Å²) in [5.41, 5.74) is 4.93. The second-order valence-corrected chi connectivity index (χ2v) is 6.26. The number of esters is 1. The van der Waals surface area contributed by atoms with Crippen LogP contribution in [0.15, 0.2) is 72.9 Å². The topological polar surface area (TPSA) is 51.2 Å².